The number of fused-ring (bicyclic) bond motifs is 2. The van der Waals surface area contributed by atoms with Gasteiger partial charge in [0.05, 0.1) is 46.8 Å². The average molecular weight is 1090 g/mol. The van der Waals surface area contributed by atoms with Crippen LogP contribution in [0.3, 0.4) is 0 Å². The third-order valence-electron chi connectivity index (χ3n) is 13.2. The Morgan fingerprint density at radius 3 is 0.915 bits per heavy atom. The number of benzene rings is 6. The van der Waals surface area contributed by atoms with Gasteiger partial charge < -0.3 is 24.4 Å². The van der Waals surface area contributed by atoms with Crippen LogP contribution in [0.2, 0.25) is 0 Å². The molecule has 4 heterocycles. The van der Waals surface area contributed by atoms with Crippen molar-refractivity contribution >= 4 is 96.5 Å². The van der Waals surface area contributed by atoms with Gasteiger partial charge in [0.1, 0.15) is 0 Å². The number of hydrogen-bond acceptors (Lipinski definition) is 6. The molecule has 10 rings (SSSR count). The van der Waals surface area contributed by atoms with E-state index in [1.807, 2.05) is 12.7 Å². The standard InChI is InChI=1S/2C28H32N4.6ClH.H2O/c2*1-23(21-32-22-29-26-14-8-9-15-27(26)32)20-30-16-18-31(19-17-30)28(24-10-4-2-5-11-24)25-12-6-3-7-13-25;;;;;;;/h2*2-15,22-23,28H,16-21H2,1H3;6*1H;1H2. The molecule has 0 bridgehead atoms. The van der Waals surface area contributed by atoms with E-state index in [0.717, 1.165) is 89.6 Å². The largest absolute Gasteiger partial charge is 0.412 e. The molecule has 6 aromatic carbocycles. The number of aromatic nitrogens is 4. The van der Waals surface area contributed by atoms with Gasteiger partial charge in [-0.2, -0.15) is 0 Å². The van der Waals surface area contributed by atoms with Gasteiger partial charge in [-0.1, -0.05) is 159 Å². The first-order valence-corrected chi connectivity index (χ1v) is 23.5. The third-order valence-corrected chi connectivity index (χ3v) is 13.2. The predicted octanol–water partition coefficient (Wildman–Crippen LogP) is 11.9. The van der Waals surface area contributed by atoms with Gasteiger partial charge in [0.25, 0.3) is 0 Å². The van der Waals surface area contributed by atoms with Gasteiger partial charge in [-0.25, -0.2) is 9.97 Å². The minimum Gasteiger partial charge on any atom is -0.412 e. The minimum absolute atomic E-state index is 0. The highest BCUT2D eigenvalue weighted by Crippen LogP contribution is 2.31. The number of para-hydroxylation sites is 4. The van der Waals surface area contributed by atoms with Crippen LogP contribution >= 0.6 is 74.4 Å². The summed E-state index contributed by atoms with van der Waals surface area (Å²) in [4.78, 5) is 19.7. The fourth-order valence-electron chi connectivity index (χ4n) is 10.2. The normalized spacial score (nSPS) is 14.9. The molecule has 2 aromatic heterocycles. The first-order chi connectivity index (χ1) is 31.6. The van der Waals surface area contributed by atoms with E-state index in [2.05, 4.69) is 222 Å². The van der Waals surface area contributed by atoms with Crippen LogP contribution in [0, 0.1) is 11.8 Å². The first kappa shape index (κ1) is 62.9. The van der Waals surface area contributed by atoms with Crippen LogP contribution in [0.25, 0.3) is 22.1 Å². The predicted molar refractivity (Wildman–Crippen MR) is 310 cm³/mol. The van der Waals surface area contributed by atoms with E-state index in [1.54, 1.807) is 0 Å². The van der Waals surface area contributed by atoms with E-state index >= 15 is 0 Å². The Kier molecular flexibility index (Phi) is 27.8. The highest BCUT2D eigenvalue weighted by molar-refractivity contribution is 5.86. The van der Waals surface area contributed by atoms with Gasteiger partial charge in [0.2, 0.25) is 0 Å². The lowest BCUT2D eigenvalue weighted by atomic mass is 9.96. The average Bonchev–Trinajstić information content (AvgIpc) is 3.95. The number of imidazole rings is 2. The van der Waals surface area contributed by atoms with Gasteiger partial charge >= 0.3 is 0 Å². The van der Waals surface area contributed by atoms with Crippen molar-refractivity contribution in [3.05, 3.63) is 205 Å². The Morgan fingerprint density at radius 2 is 0.620 bits per heavy atom. The molecule has 0 aliphatic carbocycles. The Bertz CT molecular complexity index is 2370. The molecule has 0 radical (unpaired) electrons. The smallest absolute Gasteiger partial charge is 0.0958 e. The van der Waals surface area contributed by atoms with Gasteiger partial charge in [0.15, 0.2) is 0 Å². The summed E-state index contributed by atoms with van der Waals surface area (Å²) in [7, 11) is 0. The molecule has 2 saturated heterocycles. The maximum absolute atomic E-state index is 4.55. The Hall–Kier alpha value is -4.20. The maximum atomic E-state index is 4.55. The summed E-state index contributed by atoms with van der Waals surface area (Å²) < 4.78 is 4.61. The summed E-state index contributed by atoms with van der Waals surface area (Å²) in [6, 6.07) is 61.3. The molecule has 0 spiro atoms. The second-order valence-electron chi connectivity index (χ2n) is 18.1. The highest BCUT2D eigenvalue weighted by Gasteiger charge is 2.28. The molecule has 15 heteroatoms. The van der Waals surface area contributed by atoms with Gasteiger partial charge in [-0.3, -0.25) is 9.80 Å². The number of nitrogens with zero attached hydrogens (tertiary/aromatic N) is 8. The van der Waals surface area contributed by atoms with E-state index in [-0.39, 0.29) is 79.9 Å². The summed E-state index contributed by atoms with van der Waals surface area (Å²) >= 11 is 0. The molecule has 384 valence electrons. The van der Waals surface area contributed by atoms with Crippen LogP contribution in [-0.2, 0) is 13.1 Å². The van der Waals surface area contributed by atoms with Gasteiger partial charge in [-0.05, 0) is 58.4 Å². The third kappa shape index (κ3) is 16.4. The van der Waals surface area contributed by atoms with Crippen molar-refractivity contribution in [2.45, 2.75) is 39.0 Å². The monoisotopic (exact) mass is 1080 g/mol. The van der Waals surface area contributed by atoms with E-state index in [9.17, 15) is 0 Å². The van der Waals surface area contributed by atoms with Crippen LogP contribution < -0.4 is 0 Å². The van der Waals surface area contributed by atoms with Crippen LogP contribution in [0.5, 0.6) is 0 Å². The topological polar surface area (TPSA) is 80.1 Å². The van der Waals surface area contributed by atoms with Crippen molar-refractivity contribution in [3.8, 4) is 0 Å². The second-order valence-corrected chi connectivity index (χ2v) is 18.1. The Labute approximate surface area is 458 Å². The van der Waals surface area contributed by atoms with E-state index < -0.39 is 0 Å². The zero-order chi connectivity index (χ0) is 43.5. The molecule has 0 amide bonds. The van der Waals surface area contributed by atoms with E-state index in [1.165, 1.54) is 33.3 Å². The SMILES string of the molecule is CC(CN1CCN(C(c2ccccc2)c2ccccc2)CC1)Cn1cnc2ccccc21.CC(CN1CCN(C(c2ccccc2)c2ccccc2)CC1)Cn1cnc2ccccc21.Cl.Cl.Cl.Cl.Cl.Cl.O. The summed E-state index contributed by atoms with van der Waals surface area (Å²) in [5.41, 5.74) is 10.2. The summed E-state index contributed by atoms with van der Waals surface area (Å²) in [5, 5.41) is 0. The molecular weight excluding hydrogens is 1010 g/mol. The summed E-state index contributed by atoms with van der Waals surface area (Å²) in [6.07, 6.45) is 3.98. The van der Waals surface area contributed by atoms with Crippen molar-refractivity contribution in [3.63, 3.8) is 0 Å². The zero-order valence-corrected chi connectivity index (χ0v) is 45.5. The maximum Gasteiger partial charge on any atom is 0.0958 e. The molecule has 9 nitrogen and oxygen atoms in total. The summed E-state index contributed by atoms with van der Waals surface area (Å²) in [5.74, 6) is 1.16. The molecule has 8 aromatic rings. The molecule has 2 aliphatic rings. The Morgan fingerprint density at radius 1 is 0.352 bits per heavy atom. The van der Waals surface area contributed by atoms with Crippen molar-refractivity contribution in [1.29, 1.82) is 0 Å². The van der Waals surface area contributed by atoms with Crippen molar-refractivity contribution in [2.75, 3.05) is 65.4 Å². The molecule has 2 N–H and O–H groups in total. The quantitative estimate of drug-likeness (QED) is 0.108. The number of piperazine rings is 2. The van der Waals surface area contributed by atoms with Gasteiger partial charge in [0, 0.05) is 78.5 Å². The van der Waals surface area contributed by atoms with Crippen molar-refractivity contribution < 1.29 is 5.48 Å². The molecular formula is C56H72Cl6N8O. The lowest BCUT2D eigenvalue weighted by Gasteiger charge is -2.40. The minimum atomic E-state index is 0. The molecule has 2 aliphatic heterocycles. The molecule has 2 atom stereocenters. The highest BCUT2D eigenvalue weighted by atomic mass is 35.5. The second kappa shape index (κ2) is 31.4. The van der Waals surface area contributed by atoms with Crippen LogP contribution in [0.1, 0.15) is 48.2 Å². The van der Waals surface area contributed by atoms with E-state index in [4.69, 9.17) is 0 Å². The van der Waals surface area contributed by atoms with Crippen molar-refractivity contribution in [1.82, 2.24) is 38.7 Å². The molecule has 71 heavy (non-hydrogen) atoms. The van der Waals surface area contributed by atoms with Gasteiger partial charge in [-0.15, -0.1) is 74.4 Å². The fraction of sp³-hybridized carbons (Fsp3) is 0.321. The molecule has 2 fully saturated rings. The van der Waals surface area contributed by atoms with E-state index in [0.29, 0.717) is 23.9 Å². The van der Waals surface area contributed by atoms with Crippen LogP contribution in [0.15, 0.2) is 183 Å². The zero-order valence-electron chi connectivity index (χ0n) is 40.6. The Balaban J connectivity index is 0.000000443. The summed E-state index contributed by atoms with van der Waals surface area (Å²) in [6.45, 7) is 17.8. The lowest BCUT2D eigenvalue weighted by Crippen LogP contribution is -2.49. The first-order valence-electron chi connectivity index (χ1n) is 23.5. The van der Waals surface area contributed by atoms with Crippen LogP contribution in [0.4, 0.5) is 0 Å². The molecule has 0 saturated carbocycles. The fourth-order valence-corrected chi connectivity index (χ4v) is 10.2. The molecule has 2 unspecified atom stereocenters. The number of rotatable bonds is 14. The number of halogens is 6. The lowest BCUT2D eigenvalue weighted by molar-refractivity contribution is 0.0973. The van der Waals surface area contributed by atoms with Crippen LogP contribution in [-0.4, -0.2) is 110 Å². The number of hydrogen-bond donors (Lipinski definition) is 0. The van der Waals surface area contributed by atoms with Crippen molar-refractivity contribution in [2.24, 2.45) is 11.8 Å².